The molecule has 0 amide bonds. The topological polar surface area (TPSA) is 21.7 Å². The first-order valence-corrected chi connectivity index (χ1v) is 11.5. The van der Waals surface area contributed by atoms with E-state index in [2.05, 4.69) is 48.3 Å². The average molecular weight is 434 g/mol. The van der Waals surface area contributed by atoms with Crippen molar-refractivity contribution in [1.82, 2.24) is 4.90 Å². The molecular weight excluding hydrogens is 401 g/mol. The minimum atomic E-state index is -0.236. The highest BCUT2D eigenvalue weighted by atomic mass is 19.1. The van der Waals surface area contributed by atoms with Gasteiger partial charge in [0.2, 0.25) is 0 Å². The molecule has 1 saturated carbocycles. The lowest BCUT2D eigenvalue weighted by molar-refractivity contribution is 0.154. The molecule has 0 unspecified atom stereocenters. The summed E-state index contributed by atoms with van der Waals surface area (Å²) in [5.74, 6) is 2.03. The number of likely N-dealkylation sites (N-methyl/N-ethyl adjacent to an activating group) is 1. The Bertz CT molecular complexity index is 935. The Morgan fingerprint density at radius 2 is 1.41 bits per heavy atom. The Morgan fingerprint density at radius 1 is 0.781 bits per heavy atom. The summed E-state index contributed by atoms with van der Waals surface area (Å²) in [5.41, 5.74) is 2.60. The van der Waals surface area contributed by atoms with Gasteiger partial charge in [0.1, 0.15) is 30.5 Å². The Morgan fingerprint density at radius 3 is 2.09 bits per heavy atom. The molecule has 0 saturated heterocycles. The molecule has 4 heteroatoms. The van der Waals surface area contributed by atoms with Crippen molar-refractivity contribution in [3.63, 3.8) is 0 Å². The highest BCUT2D eigenvalue weighted by Crippen LogP contribution is 2.35. The highest BCUT2D eigenvalue weighted by molar-refractivity contribution is 5.30. The minimum Gasteiger partial charge on any atom is -0.492 e. The van der Waals surface area contributed by atoms with Gasteiger partial charge in [0.15, 0.2) is 0 Å². The lowest BCUT2D eigenvalue weighted by atomic mass is 9.81. The molecule has 3 aromatic carbocycles. The van der Waals surface area contributed by atoms with Gasteiger partial charge in [-0.15, -0.1) is 0 Å². The summed E-state index contributed by atoms with van der Waals surface area (Å²) in [4.78, 5) is 2.40. The first-order valence-electron chi connectivity index (χ1n) is 11.5. The Hall–Kier alpha value is -2.85. The SMILES string of the molecule is CN(CCOc1ccc(F)cc1)[C@H]1CC[C@H](c2ccc(OCc3ccccc3)cc2)CC1. The Balaban J connectivity index is 1.18. The summed E-state index contributed by atoms with van der Waals surface area (Å²) < 4.78 is 24.7. The summed E-state index contributed by atoms with van der Waals surface area (Å²) in [6.45, 7) is 2.09. The number of ether oxygens (including phenoxy) is 2. The van der Waals surface area contributed by atoms with Crippen LogP contribution in [0, 0.1) is 5.82 Å². The summed E-state index contributed by atoms with van der Waals surface area (Å²) >= 11 is 0. The van der Waals surface area contributed by atoms with Crippen LogP contribution in [0.5, 0.6) is 11.5 Å². The fraction of sp³-hybridized carbons (Fsp3) is 0.357. The van der Waals surface area contributed by atoms with Crippen LogP contribution >= 0.6 is 0 Å². The molecule has 1 aliphatic rings. The molecule has 4 rings (SSSR count). The maximum atomic E-state index is 13.0. The predicted octanol–water partition coefficient (Wildman–Crippen LogP) is 6.44. The molecule has 0 radical (unpaired) electrons. The molecule has 0 bridgehead atoms. The first kappa shape index (κ1) is 22.3. The van der Waals surface area contributed by atoms with Crippen LogP contribution in [0.15, 0.2) is 78.9 Å². The summed E-state index contributed by atoms with van der Waals surface area (Å²) in [5, 5.41) is 0. The van der Waals surface area contributed by atoms with Crippen LogP contribution in [0.3, 0.4) is 0 Å². The normalized spacial score (nSPS) is 18.5. The maximum Gasteiger partial charge on any atom is 0.123 e. The van der Waals surface area contributed by atoms with Crippen LogP contribution in [0.2, 0.25) is 0 Å². The van der Waals surface area contributed by atoms with Gasteiger partial charge in [-0.05, 0) is 86.2 Å². The van der Waals surface area contributed by atoms with Crippen LogP contribution in [0.1, 0.15) is 42.7 Å². The van der Waals surface area contributed by atoms with E-state index in [9.17, 15) is 4.39 Å². The van der Waals surface area contributed by atoms with Crippen molar-refractivity contribution in [1.29, 1.82) is 0 Å². The van der Waals surface area contributed by atoms with E-state index in [1.807, 2.05) is 18.2 Å². The zero-order valence-electron chi connectivity index (χ0n) is 18.8. The molecule has 0 spiro atoms. The van der Waals surface area contributed by atoms with Crippen molar-refractivity contribution in [3.8, 4) is 11.5 Å². The standard InChI is InChI=1S/C28H32FNO2/c1-30(19-20-31-27-17-11-25(29)12-18-27)26-13-7-23(8-14-26)24-9-15-28(16-10-24)32-21-22-5-3-2-4-6-22/h2-6,9-12,15-18,23,26H,7-8,13-14,19-21H2,1H3/t23-,26-. The van der Waals surface area contributed by atoms with Gasteiger partial charge in [-0.3, -0.25) is 0 Å². The summed E-state index contributed by atoms with van der Waals surface area (Å²) in [6.07, 6.45) is 4.81. The van der Waals surface area contributed by atoms with Crippen molar-refractivity contribution in [2.75, 3.05) is 20.2 Å². The molecule has 168 valence electrons. The number of hydrogen-bond donors (Lipinski definition) is 0. The molecule has 0 heterocycles. The van der Waals surface area contributed by atoms with Crippen LogP contribution in [-0.2, 0) is 6.61 Å². The van der Waals surface area contributed by atoms with Gasteiger partial charge in [0, 0.05) is 12.6 Å². The average Bonchev–Trinajstić information content (AvgIpc) is 2.85. The van der Waals surface area contributed by atoms with Crippen LogP contribution in [-0.4, -0.2) is 31.1 Å². The zero-order valence-corrected chi connectivity index (χ0v) is 18.8. The second-order valence-electron chi connectivity index (χ2n) is 8.63. The van der Waals surface area contributed by atoms with Crippen molar-refractivity contribution in [2.45, 2.75) is 44.2 Å². The molecular formula is C28H32FNO2. The molecule has 0 aliphatic heterocycles. The Labute approximate surface area is 190 Å². The van der Waals surface area contributed by atoms with Gasteiger partial charge in [0.05, 0.1) is 0 Å². The number of rotatable bonds is 9. The van der Waals surface area contributed by atoms with Gasteiger partial charge in [-0.2, -0.15) is 0 Å². The molecule has 32 heavy (non-hydrogen) atoms. The van der Waals surface area contributed by atoms with Gasteiger partial charge in [-0.25, -0.2) is 4.39 Å². The van der Waals surface area contributed by atoms with Crippen molar-refractivity contribution in [3.05, 3.63) is 95.8 Å². The third-order valence-corrected chi connectivity index (χ3v) is 6.45. The van der Waals surface area contributed by atoms with Crippen LogP contribution in [0.25, 0.3) is 0 Å². The zero-order chi connectivity index (χ0) is 22.2. The predicted molar refractivity (Wildman–Crippen MR) is 127 cm³/mol. The number of halogens is 1. The second kappa shape index (κ2) is 11.1. The van der Waals surface area contributed by atoms with E-state index in [1.54, 1.807) is 12.1 Å². The Kier molecular flexibility index (Phi) is 7.78. The van der Waals surface area contributed by atoms with Crippen molar-refractivity contribution < 1.29 is 13.9 Å². The number of hydrogen-bond acceptors (Lipinski definition) is 3. The molecule has 3 nitrogen and oxygen atoms in total. The molecule has 1 aliphatic carbocycles. The van der Waals surface area contributed by atoms with Gasteiger partial charge in [-0.1, -0.05) is 42.5 Å². The van der Waals surface area contributed by atoms with Crippen molar-refractivity contribution >= 4 is 0 Å². The molecule has 0 atom stereocenters. The summed E-state index contributed by atoms with van der Waals surface area (Å²) in [6, 6.07) is 25.7. The summed E-state index contributed by atoms with van der Waals surface area (Å²) in [7, 11) is 2.18. The smallest absolute Gasteiger partial charge is 0.123 e. The third-order valence-electron chi connectivity index (χ3n) is 6.45. The lowest BCUT2D eigenvalue weighted by Gasteiger charge is -2.34. The number of benzene rings is 3. The van der Waals surface area contributed by atoms with E-state index in [4.69, 9.17) is 9.47 Å². The van der Waals surface area contributed by atoms with Gasteiger partial charge in [0.25, 0.3) is 0 Å². The highest BCUT2D eigenvalue weighted by Gasteiger charge is 2.24. The first-order chi connectivity index (χ1) is 15.7. The van der Waals surface area contributed by atoms with E-state index in [1.165, 1.54) is 48.9 Å². The lowest BCUT2D eigenvalue weighted by Crippen LogP contribution is -2.37. The molecule has 0 aromatic heterocycles. The fourth-order valence-corrected chi connectivity index (χ4v) is 4.45. The molecule has 1 fully saturated rings. The van der Waals surface area contributed by atoms with E-state index < -0.39 is 0 Å². The largest absolute Gasteiger partial charge is 0.492 e. The van der Waals surface area contributed by atoms with Crippen molar-refractivity contribution in [2.24, 2.45) is 0 Å². The van der Waals surface area contributed by atoms with Crippen LogP contribution in [0.4, 0.5) is 4.39 Å². The molecule has 3 aromatic rings. The van der Waals surface area contributed by atoms with E-state index in [-0.39, 0.29) is 5.82 Å². The fourth-order valence-electron chi connectivity index (χ4n) is 4.45. The van der Waals surface area contributed by atoms with E-state index in [0.717, 1.165) is 18.0 Å². The monoisotopic (exact) mass is 433 g/mol. The van der Waals surface area contributed by atoms with Gasteiger partial charge < -0.3 is 14.4 Å². The maximum absolute atomic E-state index is 13.0. The third kappa shape index (κ3) is 6.33. The molecule has 0 N–H and O–H groups in total. The second-order valence-corrected chi connectivity index (χ2v) is 8.63. The van der Waals surface area contributed by atoms with E-state index >= 15 is 0 Å². The van der Waals surface area contributed by atoms with Crippen LogP contribution < -0.4 is 9.47 Å². The van der Waals surface area contributed by atoms with Gasteiger partial charge >= 0.3 is 0 Å². The van der Waals surface area contributed by atoms with E-state index in [0.29, 0.717) is 25.2 Å². The minimum absolute atomic E-state index is 0.236. The number of nitrogens with zero attached hydrogens (tertiary/aromatic N) is 1. The quantitative estimate of drug-likeness (QED) is 0.387.